The number of anilines is 3. The number of aryl methyl sites for hydroxylation is 1. The lowest BCUT2D eigenvalue weighted by molar-refractivity contribution is -0.113. The first kappa shape index (κ1) is 18.2. The predicted octanol–water partition coefficient (Wildman–Crippen LogP) is 4.33. The van der Waals surface area contributed by atoms with E-state index in [2.05, 4.69) is 20.8 Å². The van der Waals surface area contributed by atoms with Gasteiger partial charge in [-0.1, -0.05) is 52.9 Å². The van der Waals surface area contributed by atoms with Crippen molar-refractivity contribution in [2.45, 2.75) is 11.3 Å². The molecule has 1 heterocycles. The van der Waals surface area contributed by atoms with Crippen LogP contribution in [0.25, 0.3) is 0 Å². The fraction of sp³-hybridized carbons (Fsp3) is 0.167. The van der Waals surface area contributed by atoms with Crippen LogP contribution in [0.4, 0.5) is 16.5 Å². The summed E-state index contributed by atoms with van der Waals surface area (Å²) >= 11 is 2.75. The van der Waals surface area contributed by atoms with E-state index in [9.17, 15) is 4.79 Å². The van der Waals surface area contributed by atoms with Crippen molar-refractivity contribution in [2.75, 3.05) is 23.5 Å². The molecule has 0 spiro atoms. The normalized spacial score (nSPS) is 10.4. The monoisotopic (exact) mass is 386 g/mol. The van der Waals surface area contributed by atoms with Crippen LogP contribution in [-0.2, 0) is 4.79 Å². The number of carbonyl (C=O) groups is 1. The maximum Gasteiger partial charge on any atom is 0.234 e. The van der Waals surface area contributed by atoms with Gasteiger partial charge in [-0.15, -0.1) is 10.2 Å². The Morgan fingerprint density at radius 3 is 2.69 bits per heavy atom. The standard InChI is InChI=1S/C18H18N4O2S2/c1-12-7-9-13(10-8-12)19-16(23)11-25-18-22-21-17(26-18)20-14-5-3-4-6-15(14)24-2/h3-10H,11H2,1-2H3,(H,19,23)(H,20,21). The van der Waals surface area contributed by atoms with Crippen LogP contribution in [0.5, 0.6) is 5.75 Å². The van der Waals surface area contributed by atoms with E-state index in [0.717, 1.165) is 27.0 Å². The van der Waals surface area contributed by atoms with Crippen molar-refractivity contribution in [3.05, 3.63) is 54.1 Å². The molecule has 3 aromatic rings. The van der Waals surface area contributed by atoms with Gasteiger partial charge in [0.25, 0.3) is 0 Å². The Labute approximate surface area is 160 Å². The van der Waals surface area contributed by atoms with Crippen molar-refractivity contribution in [2.24, 2.45) is 0 Å². The van der Waals surface area contributed by atoms with Gasteiger partial charge in [0.2, 0.25) is 11.0 Å². The van der Waals surface area contributed by atoms with Crippen LogP contribution >= 0.6 is 23.1 Å². The summed E-state index contributed by atoms with van der Waals surface area (Å²) in [4.78, 5) is 12.0. The topological polar surface area (TPSA) is 76.1 Å². The highest BCUT2D eigenvalue weighted by Crippen LogP contribution is 2.31. The van der Waals surface area contributed by atoms with Gasteiger partial charge < -0.3 is 15.4 Å². The Kier molecular flexibility index (Phi) is 6.08. The van der Waals surface area contributed by atoms with Gasteiger partial charge >= 0.3 is 0 Å². The van der Waals surface area contributed by atoms with Crippen LogP contribution in [0.2, 0.25) is 0 Å². The van der Waals surface area contributed by atoms with Crippen LogP contribution < -0.4 is 15.4 Å². The summed E-state index contributed by atoms with van der Waals surface area (Å²) in [6, 6.07) is 15.3. The van der Waals surface area contributed by atoms with Gasteiger partial charge in [-0.05, 0) is 31.2 Å². The second kappa shape index (κ2) is 8.68. The van der Waals surface area contributed by atoms with E-state index >= 15 is 0 Å². The van der Waals surface area contributed by atoms with E-state index in [1.165, 1.54) is 23.1 Å². The van der Waals surface area contributed by atoms with Gasteiger partial charge in [-0.25, -0.2) is 0 Å². The molecule has 0 saturated carbocycles. The van der Waals surface area contributed by atoms with Crippen molar-refractivity contribution in [1.82, 2.24) is 10.2 Å². The van der Waals surface area contributed by atoms with Crippen molar-refractivity contribution in [3.8, 4) is 5.75 Å². The van der Waals surface area contributed by atoms with Crippen LogP contribution in [0.3, 0.4) is 0 Å². The smallest absolute Gasteiger partial charge is 0.234 e. The summed E-state index contributed by atoms with van der Waals surface area (Å²) in [5.41, 5.74) is 2.76. The van der Waals surface area contributed by atoms with Crippen LogP contribution in [0.15, 0.2) is 52.9 Å². The first-order valence-corrected chi connectivity index (χ1v) is 9.67. The number of benzene rings is 2. The molecule has 0 aliphatic heterocycles. The molecule has 26 heavy (non-hydrogen) atoms. The molecule has 0 bridgehead atoms. The predicted molar refractivity (Wildman–Crippen MR) is 107 cm³/mol. The summed E-state index contributed by atoms with van der Waals surface area (Å²) in [6.07, 6.45) is 0. The second-order valence-corrected chi connectivity index (χ2v) is 7.60. The highest BCUT2D eigenvalue weighted by atomic mass is 32.2. The maximum absolute atomic E-state index is 12.0. The molecular formula is C18H18N4O2S2. The highest BCUT2D eigenvalue weighted by Gasteiger charge is 2.10. The lowest BCUT2D eigenvalue weighted by Gasteiger charge is -2.07. The Morgan fingerprint density at radius 1 is 1.15 bits per heavy atom. The molecule has 0 aliphatic carbocycles. The molecule has 1 aromatic heterocycles. The van der Waals surface area contributed by atoms with Crippen LogP contribution in [-0.4, -0.2) is 29.0 Å². The number of nitrogens with zero attached hydrogens (tertiary/aromatic N) is 2. The summed E-state index contributed by atoms with van der Waals surface area (Å²) < 4.78 is 6.03. The average Bonchev–Trinajstić information content (AvgIpc) is 3.10. The molecule has 3 rings (SSSR count). The van der Waals surface area contributed by atoms with Gasteiger partial charge in [-0.2, -0.15) is 0 Å². The summed E-state index contributed by atoms with van der Waals surface area (Å²) in [7, 11) is 1.62. The van der Waals surface area contributed by atoms with E-state index in [-0.39, 0.29) is 11.7 Å². The lowest BCUT2D eigenvalue weighted by atomic mass is 10.2. The minimum Gasteiger partial charge on any atom is -0.495 e. The Hall–Kier alpha value is -2.58. The molecule has 0 radical (unpaired) electrons. The molecule has 0 unspecified atom stereocenters. The van der Waals surface area contributed by atoms with Gasteiger partial charge in [0, 0.05) is 5.69 Å². The fourth-order valence-electron chi connectivity index (χ4n) is 2.14. The quantitative estimate of drug-likeness (QED) is 0.589. The van der Waals surface area contributed by atoms with Crippen LogP contribution in [0, 0.1) is 6.92 Å². The largest absolute Gasteiger partial charge is 0.495 e. The average molecular weight is 387 g/mol. The third kappa shape index (κ3) is 4.96. The number of thioether (sulfide) groups is 1. The number of hydrogen-bond donors (Lipinski definition) is 2. The van der Waals surface area contributed by atoms with Gasteiger partial charge in [0.05, 0.1) is 18.6 Å². The molecule has 0 atom stereocenters. The number of amides is 1. The number of nitrogens with one attached hydrogen (secondary N) is 2. The Balaban J connectivity index is 1.53. The molecule has 2 N–H and O–H groups in total. The highest BCUT2D eigenvalue weighted by molar-refractivity contribution is 8.01. The number of rotatable bonds is 7. The number of aromatic nitrogens is 2. The minimum absolute atomic E-state index is 0.0757. The molecule has 0 saturated heterocycles. The molecule has 8 heteroatoms. The van der Waals surface area contributed by atoms with E-state index in [1.807, 2.05) is 55.5 Å². The van der Waals surface area contributed by atoms with Crippen molar-refractivity contribution >= 4 is 45.5 Å². The second-order valence-electron chi connectivity index (χ2n) is 5.40. The van der Waals surface area contributed by atoms with Crippen molar-refractivity contribution in [3.63, 3.8) is 0 Å². The number of carbonyl (C=O) groups excluding carboxylic acids is 1. The molecule has 1 amide bonds. The first-order valence-electron chi connectivity index (χ1n) is 7.87. The molecular weight excluding hydrogens is 368 g/mol. The number of para-hydroxylation sites is 2. The van der Waals surface area contributed by atoms with E-state index < -0.39 is 0 Å². The summed E-state index contributed by atoms with van der Waals surface area (Å²) in [6.45, 7) is 2.01. The third-order valence-corrected chi connectivity index (χ3v) is 5.39. The summed E-state index contributed by atoms with van der Waals surface area (Å²) in [5.74, 6) is 0.930. The minimum atomic E-state index is -0.0757. The lowest BCUT2D eigenvalue weighted by Crippen LogP contribution is -2.13. The number of hydrogen-bond acceptors (Lipinski definition) is 7. The van der Waals surface area contributed by atoms with E-state index in [0.29, 0.717) is 5.13 Å². The first-order chi connectivity index (χ1) is 12.6. The zero-order chi connectivity index (χ0) is 18.4. The molecule has 6 nitrogen and oxygen atoms in total. The molecule has 0 fully saturated rings. The Bertz CT molecular complexity index is 881. The Morgan fingerprint density at radius 2 is 1.92 bits per heavy atom. The zero-order valence-electron chi connectivity index (χ0n) is 14.4. The molecule has 2 aromatic carbocycles. The van der Waals surface area contributed by atoms with Gasteiger partial charge in [0.15, 0.2) is 4.34 Å². The zero-order valence-corrected chi connectivity index (χ0v) is 16.0. The summed E-state index contributed by atoms with van der Waals surface area (Å²) in [5, 5.41) is 14.9. The molecule has 134 valence electrons. The molecule has 0 aliphatic rings. The van der Waals surface area contributed by atoms with Crippen molar-refractivity contribution < 1.29 is 9.53 Å². The van der Waals surface area contributed by atoms with Gasteiger partial charge in [0.1, 0.15) is 5.75 Å². The van der Waals surface area contributed by atoms with E-state index in [4.69, 9.17) is 4.74 Å². The third-order valence-electron chi connectivity index (χ3n) is 3.42. The SMILES string of the molecule is COc1ccccc1Nc1nnc(SCC(=O)Nc2ccc(C)cc2)s1. The number of methoxy groups -OCH3 is 1. The van der Waals surface area contributed by atoms with Gasteiger partial charge in [-0.3, -0.25) is 4.79 Å². The number of ether oxygens (including phenoxy) is 1. The maximum atomic E-state index is 12.0. The van der Waals surface area contributed by atoms with Crippen molar-refractivity contribution in [1.29, 1.82) is 0 Å². The van der Waals surface area contributed by atoms with E-state index in [1.54, 1.807) is 7.11 Å². The van der Waals surface area contributed by atoms with Crippen LogP contribution in [0.1, 0.15) is 5.56 Å². The fourth-order valence-corrected chi connectivity index (χ4v) is 3.71.